The molecule has 5 nitrogen and oxygen atoms in total. The second-order valence-electron chi connectivity index (χ2n) is 9.98. The number of aryl methyl sites for hydroxylation is 1. The van der Waals surface area contributed by atoms with Crippen LogP contribution in [-0.2, 0) is 7.05 Å². The molecule has 0 spiro atoms. The molecule has 2 aromatic heterocycles. The number of nitrogens with zero attached hydrogens (tertiary/aromatic N) is 1. The monoisotopic (exact) mass is 496 g/mol. The van der Waals surface area contributed by atoms with Crippen LogP contribution in [0.5, 0.6) is 28.7 Å². The SMILES string of the molecule is COc1cc2c(oc3cc4c(cc32)Oc2cccc3c2B4c2ccccc2O3)c(-c2cccc[n+]2C)c1C. The molecule has 182 valence electrons. The summed E-state index contributed by atoms with van der Waals surface area (Å²) in [6, 6.07) is 26.8. The van der Waals surface area contributed by atoms with E-state index in [1.165, 1.54) is 0 Å². The number of fused-ring (bicyclic) bond motifs is 7. The van der Waals surface area contributed by atoms with Gasteiger partial charge in [0.2, 0.25) is 5.69 Å². The summed E-state index contributed by atoms with van der Waals surface area (Å²) in [5.74, 6) is 4.19. The molecule has 4 aromatic carbocycles. The quantitative estimate of drug-likeness (QED) is 0.246. The molecule has 0 atom stereocenters. The van der Waals surface area contributed by atoms with E-state index in [2.05, 4.69) is 47.9 Å². The Kier molecular flexibility index (Phi) is 4.31. The van der Waals surface area contributed by atoms with E-state index in [0.29, 0.717) is 0 Å². The second kappa shape index (κ2) is 7.65. The topological polar surface area (TPSA) is 44.7 Å². The fraction of sp³-hybridized carbons (Fsp3) is 0.0938. The first-order valence-corrected chi connectivity index (χ1v) is 12.7. The number of hydrogen-bond acceptors (Lipinski definition) is 4. The number of furan rings is 1. The van der Waals surface area contributed by atoms with Crippen molar-refractivity contribution in [2.75, 3.05) is 7.11 Å². The van der Waals surface area contributed by atoms with Crippen molar-refractivity contribution in [2.45, 2.75) is 6.92 Å². The molecular weight excluding hydrogens is 473 g/mol. The Morgan fingerprint density at radius 2 is 1.53 bits per heavy atom. The highest BCUT2D eigenvalue weighted by Crippen LogP contribution is 2.43. The van der Waals surface area contributed by atoms with Gasteiger partial charge in [-0.3, -0.25) is 0 Å². The van der Waals surface area contributed by atoms with Gasteiger partial charge >= 0.3 is 0 Å². The van der Waals surface area contributed by atoms with Gasteiger partial charge in [0.15, 0.2) is 6.20 Å². The average Bonchev–Trinajstić information content (AvgIpc) is 3.28. The molecule has 6 aromatic rings. The van der Waals surface area contributed by atoms with Crippen LogP contribution in [0, 0.1) is 6.92 Å². The normalized spacial score (nSPS) is 13.0. The van der Waals surface area contributed by atoms with Crippen LogP contribution in [0.1, 0.15) is 5.56 Å². The number of aromatic nitrogens is 1. The summed E-state index contributed by atoms with van der Waals surface area (Å²) in [5, 5.41) is 2.00. The molecule has 2 aliphatic rings. The second-order valence-corrected chi connectivity index (χ2v) is 9.98. The van der Waals surface area contributed by atoms with Crippen LogP contribution in [-0.4, -0.2) is 13.8 Å². The first kappa shape index (κ1) is 21.4. The van der Waals surface area contributed by atoms with Gasteiger partial charge in [0, 0.05) is 33.9 Å². The van der Waals surface area contributed by atoms with Gasteiger partial charge in [0.05, 0.1) is 12.7 Å². The van der Waals surface area contributed by atoms with E-state index < -0.39 is 0 Å². The van der Waals surface area contributed by atoms with Crippen LogP contribution in [0.3, 0.4) is 0 Å². The van der Waals surface area contributed by atoms with E-state index in [1.54, 1.807) is 7.11 Å². The molecular formula is C32H23BNO4+. The maximum atomic E-state index is 6.70. The van der Waals surface area contributed by atoms with Crippen molar-refractivity contribution in [1.29, 1.82) is 0 Å². The van der Waals surface area contributed by atoms with Crippen molar-refractivity contribution < 1.29 is 23.2 Å². The number of pyridine rings is 1. The van der Waals surface area contributed by atoms with E-state index in [1.807, 2.05) is 55.7 Å². The molecule has 4 heterocycles. The van der Waals surface area contributed by atoms with Gasteiger partial charge in [-0.2, -0.15) is 0 Å². The molecule has 0 N–H and O–H groups in total. The Hall–Kier alpha value is -4.71. The molecule has 2 aliphatic heterocycles. The third-order valence-electron chi connectivity index (χ3n) is 7.93. The van der Waals surface area contributed by atoms with Gasteiger partial charge in [-0.05, 0) is 60.3 Å². The van der Waals surface area contributed by atoms with Gasteiger partial charge in [0.25, 0.3) is 6.71 Å². The summed E-state index contributed by atoms with van der Waals surface area (Å²) in [5.41, 5.74) is 8.04. The molecule has 0 bridgehead atoms. The summed E-state index contributed by atoms with van der Waals surface area (Å²) >= 11 is 0. The Bertz CT molecular complexity index is 1960. The van der Waals surface area contributed by atoms with Gasteiger partial charge in [-0.1, -0.05) is 24.3 Å². The van der Waals surface area contributed by atoms with Gasteiger partial charge in [-0.15, -0.1) is 0 Å². The van der Waals surface area contributed by atoms with E-state index >= 15 is 0 Å². The minimum absolute atomic E-state index is 0.00446. The number of methoxy groups -OCH3 is 1. The molecule has 0 radical (unpaired) electrons. The van der Waals surface area contributed by atoms with Gasteiger partial charge < -0.3 is 18.6 Å². The predicted molar refractivity (Wildman–Crippen MR) is 149 cm³/mol. The Balaban J connectivity index is 1.44. The largest absolute Gasteiger partial charge is 0.496 e. The first-order chi connectivity index (χ1) is 18.6. The van der Waals surface area contributed by atoms with Crippen molar-refractivity contribution >= 4 is 45.0 Å². The highest BCUT2D eigenvalue weighted by molar-refractivity contribution is 6.98. The molecule has 0 fully saturated rings. The van der Waals surface area contributed by atoms with Crippen LogP contribution in [0.15, 0.2) is 89.5 Å². The zero-order valence-electron chi connectivity index (χ0n) is 21.2. The van der Waals surface area contributed by atoms with Crippen LogP contribution < -0.4 is 35.2 Å². The fourth-order valence-corrected chi connectivity index (χ4v) is 6.15. The Morgan fingerprint density at radius 1 is 0.763 bits per heavy atom. The zero-order valence-corrected chi connectivity index (χ0v) is 21.2. The lowest BCUT2D eigenvalue weighted by Gasteiger charge is -2.32. The van der Waals surface area contributed by atoms with Gasteiger partial charge in [0.1, 0.15) is 47.0 Å². The standard InChI is InChI=1S/C32H23BNO4/c1-18-27(35-3)16-20-19-15-29-22(17-28(19)38-32(20)30(18)23-10-6-7-14-34(23)2)33-21-9-4-5-11-24(21)36-25-12-8-13-26(37-29)31(25)33/h4-17H,1-3H3/q+1. The van der Waals surface area contributed by atoms with Crippen molar-refractivity contribution in [3.05, 3.63) is 90.6 Å². The van der Waals surface area contributed by atoms with Crippen molar-refractivity contribution in [1.82, 2.24) is 0 Å². The van der Waals surface area contributed by atoms with Crippen molar-refractivity contribution in [2.24, 2.45) is 7.05 Å². The molecule has 0 amide bonds. The smallest absolute Gasteiger partial charge is 0.260 e. The predicted octanol–water partition coefficient (Wildman–Crippen LogP) is 5.12. The molecule has 8 rings (SSSR count). The summed E-state index contributed by atoms with van der Waals surface area (Å²) in [7, 11) is 3.76. The van der Waals surface area contributed by atoms with Gasteiger partial charge in [-0.25, -0.2) is 4.57 Å². The summed E-state index contributed by atoms with van der Waals surface area (Å²) in [6.45, 7) is 2.08. The van der Waals surface area contributed by atoms with Crippen LogP contribution >= 0.6 is 0 Å². The zero-order chi connectivity index (χ0) is 25.5. The summed E-state index contributed by atoms with van der Waals surface area (Å²) < 4.78 is 27.4. The molecule has 0 aliphatic carbocycles. The van der Waals surface area contributed by atoms with E-state index in [9.17, 15) is 0 Å². The maximum absolute atomic E-state index is 6.70. The summed E-state index contributed by atoms with van der Waals surface area (Å²) in [4.78, 5) is 0. The number of para-hydroxylation sites is 1. The minimum atomic E-state index is -0.00446. The molecule has 6 heteroatoms. The highest BCUT2D eigenvalue weighted by atomic mass is 16.5. The lowest BCUT2D eigenvalue weighted by atomic mass is 9.35. The summed E-state index contributed by atoms with van der Waals surface area (Å²) in [6.07, 6.45) is 2.05. The third kappa shape index (κ3) is 2.80. The number of ether oxygens (including phenoxy) is 3. The number of rotatable bonds is 2. The minimum Gasteiger partial charge on any atom is -0.496 e. The number of hydrogen-bond donors (Lipinski definition) is 0. The fourth-order valence-electron chi connectivity index (χ4n) is 6.15. The molecule has 0 saturated heterocycles. The number of benzene rings is 4. The molecule has 0 unspecified atom stereocenters. The Labute approximate surface area is 219 Å². The maximum Gasteiger partial charge on any atom is 0.260 e. The average molecular weight is 496 g/mol. The van der Waals surface area contributed by atoms with E-state index in [0.717, 1.165) is 83.9 Å². The molecule has 38 heavy (non-hydrogen) atoms. The lowest BCUT2D eigenvalue weighted by Crippen LogP contribution is -2.57. The van der Waals surface area contributed by atoms with Crippen LogP contribution in [0.2, 0.25) is 0 Å². The third-order valence-corrected chi connectivity index (χ3v) is 7.93. The van der Waals surface area contributed by atoms with E-state index in [-0.39, 0.29) is 6.71 Å². The van der Waals surface area contributed by atoms with Crippen LogP contribution in [0.4, 0.5) is 0 Å². The van der Waals surface area contributed by atoms with Crippen molar-refractivity contribution in [3.8, 4) is 40.0 Å². The highest BCUT2D eigenvalue weighted by Gasteiger charge is 2.40. The van der Waals surface area contributed by atoms with Crippen molar-refractivity contribution in [3.63, 3.8) is 0 Å². The Morgan fingerprint density at radius 3 is 2.34 bits per heavy atom. The van der Waals surface area contributed by atoms with Crippen LogP contribution in [0.25, 0.3) is 33.2 Å². The first-order valence-electron chi connectivity index (χ1n) is 12.7. The van der Waals surface area contributed by atoms with E-state index in [4.69, 9.17) is 18.6 Å². The molecule has 0 saturated carbocycles. The lowest BCUT2D eigenvalue weighted by molar-refractivity contribution is -0.660.